The highest BCUT2D eigenvalue weighted by Crippen LogP contribution is 2.32. The van der Waals surface area contributed by atoms with Crippen LogP contribution in [-0.2, 0) is 33.3 Å². The van der Waals surface area contributed by atoms with Crippen molar-refractivity contribution in [2.45, 2.75) is 301 Å². The maximum atomic E-state index is 13.7. The predicted octanol–water partition coefficient (Wildman–Crippen LogP) is 9.89. The first kappa shape index (κ1) is 60.7. The molecule has 390 valence electrons. The van der Waals surface area contributed by atoms with E-state index in [1.807, 2.05) is 0 Å². The third kappa shape index (κ3) is 25.4. The molecule has 0 radical (unpaired) electrons. The minimum absolute atomic E-state index is 0.0501. The van der Waals surface area contributed by atoms with E-state index in [0.29, 0.717) is 12.8 Å². The van der Waals surface area contributed by atoms with Crippen molar-refractivity contribution in [3.05, 3.63) is 0 Å². The number of unbranched alkanes of at least 4 members (excludes halogenated alkanes) is 28. The first-order chi connectivity index (χ1) is 32.0. The second kappa shape index (κ2) is 38.3. The number of hydrogen-bond donors (Lipinski definition) is 6. The van der Waals surface area contributed by atoms with Gasteiger partial charge in [0.1, 0.15) is 36.6 Å². The van der Waals surface area contributed by atoms with Crippen molar-refractivity contribution in [3.63, 3.8) is 0 Å². The molecule has 0 aromatic carbocycles. The summed E-state index contributed by atoms with van der Waals surface area (Å²) in [6.45, 7) is 6.96. The van der Waals surface area contributed by atoms with E-state index in [2.05, 4.69) is 20.8 Å². The SMILES string of the molecule is CCCCCCCCCCCCCCCCCCC[C@H](C)C[C@H](C)C(=O)OC1[C@H](O)C(CO)O[C@H](O[C@H]2OC(CO)[C@@H](O)C(O)[C@@H]2O)[C@@H]1OC(=O)CCCCCCCCCCCCCCC. The van der Waals surface area contributed by atoms with Gasteiger partial charge in [-0.1, -0.05) is 220 Å². The highest BCUT2D eigenvalue weighted by molar-refractivity contribution is 5.72. The van der Waals surface area contributed by atoms with Gasteiger partial charge in [0.05, 0.1) is 19.1 Å². The van der Waals surface area contributed by atoms with Gasteiger partial charge in [0.15, 0.2) is 18.5 Å². The first-order valence-electron chi connectivity index (χ1n) is 27.3. The fourth-order valence-electron chi connectivity index (χ4n) is 9.51. The van der Waals surface area contributed by atoms with Crippen LogP contribution in [0.3, 0.4) is 0 Å². The van der Waals surface area contributed by atoms with Crippen LogP contribution in [0, 0.1) is 11.8 Å². The lowest BCUT2D eigenvalue weighted by Crippen LogP contribution is -2.65. The van der Waals surface area contributed by atoms with Gasteiger partial charge in [-0.3, -0.25) is 9.59 Å². The normalized spacial score (nSPS) is 26.6. The number of hydrogen-bond acceptors (Lipinski definition) is 13. The highest BCUT2D eigenvalue weighted by Gasteiger charge is 2.53. The Balaban J connectivity index is 1.87. The molecule has 6 N–H and O–H groups in total. The topological polar surface area (TPSA) is 202 Å². The van der Waals surface area contributed by atoms with E-state index in [4.69, 9.17) is 23.7 Å². The minimum atomic E-state index is -1.81. The molecular weight excluding hydrogens is 845 g/mol. The maximum absolute atomic E-state index is 13.7. The van der Waals surface area contributed by atoms with Gasteiger partial charge < -0.3 is 54.3 Å². The lowest BCUT2D eigenvalue weighted by atomic mass is 9.92. The Labute approximate surface area is 400 Å². The van der Waals surface area contributed by atoms with E-state index < -0.39 is 92.5 Å². The van der Waals surface area contributed by atoms with Crippen LogP contribution in [0.2, 0.25) is 0 Å². The van der Waals surface area contributed by atoms with Gasteiger partial charge in [-0.05, 0) is 18.8 Å². The Bertz CT molecular complexity index is 1170. The fraction of sp³-hybridized carbons (Fsp3) is 0.962. The molecule has 2 rings (SSSR count). The molecule has 0 saturated carbocycles. The van der Waals surface area contributed by atoms with Crippen LogP contribution in [0.15, 0.2) is 0 Å². The quantitative estimate of drug-likeness (QED) is 0.0250. The van der Waals surface area contributed by atoms with Crippen LogP contribution in [-0.4, -0.2) is 117 Å². The number of aliphatic hydroxyl groups is 6. The third-order valence-electron chi connectivity index (χ3n) is 13.9. The Morgan fingerprint density at radius 1 is 0.470 bits per heavy atom. The van der Waals surface area contributed by atoms with Crippen LogP contribution >= 0.6 is 0 Å². The van der Waals surface area contributed by atoms with Gasteiger partial charge in [0.25, 0.3) is 0 Å². The smallest absolute Gasteiger partial charge is 0.309 e. The molecule has 0 aliphatic carbocycles. The highest BCUT2D eigenvalue weighted by atomic mass is 16.8. The lowest BCUT2D eigenvalue weighted by molar-refractivity contribution is -0.377. The molecule has 0 aromatic rings. The van der Waals surface area contributed by atoms with Crippen LogP contribution in [0.1, 0.15) is 240 Å². The standard InChI is InChI=1S/C53H100O13/c1-5-7-9-11-13-15-17-19-20-21-22-24-25-27-29-31-33-35-40(3)37-41(4)51(61)65-49-46(58)43(39-55)63-53(66-52-48(60)47(59)45(57)42(38-54)62-52)50(49)64-44(56)36-34-32-30-28-26-23-18-16-14-12-10-8-6-2/h40-43,45-50,52-55,57-60H,5-39H2,1-4H3/t40-,41-,42?,43?,45+,46+,47?,48-,49?,50+,52+,53+/m0/s1. The molecule has 2 heterocycles. The molecule has 13 nitrogen and oxygen atoms in total. The Hall–Kier alpha value is -1.42. The minimum Gasteiger partial charge on any atom is -0.455 e. The molecule has 2 saturated heterocycles. The summed E-state index contributed by atoms with van der Waals surface area (Å²) >= 11 is 0. The molecular formula is C53H100O13. The van der Waals surface area contributed by atoms with E-state index >= 15 is 0 Å². The van der Waals surface area contributed by atoms with E-state index in [0.717, 1.165) is 44.9 Å². The Morgan fingerprint density at radius 3 is 1.30 bits per heavy atom. The van der Waals surface area contributed by atoms with E-state index in [-0.39, 0.29) is 12.3 Å². The van der Waals surface area contributed by atoms with Gasteiger partial charge in [0, 0.05) is 6.42 Å². The predicted molar refractivity (Wildman–Crippen MR) is 258 cm³/mol. The fourth-order valence-corrected chi connectivity index (χ4v) is 9.51. The molecule has 66 heavy (non-hydrogen) atoms. The van der Waals surface area contributed by atoms with Crippen molar-refractivity contribution in [2.24, 2.45) is 11.8 Å². The average molecular weight is 945 g/mol. The number of carbonyl (C=O) groups is 2. The number of esters is 2. The lowest BCUT2D eigenvalue weighted by Gasteiger charge is -2.46. The number of aliphatic hydroxyl groups excluding tert-OH is 6. The summed E-state index contributed by atoms with van der Waals surface area (Å²) in [5.41, 5.74) is 0. The molecule has 0 amide bonds. The van der Waals surface area contributed by atoms with Crippen molar-refractivity contribution in [1.82, 2.24) is 0 Å². The number of rotatable bonds is 41. The van der Waals surface area contributed by atoms with Crippen LogP contribution < -0.4 is 0 Å². The van der Waals surface area contributed by atoms with Gasteiger partial charge in [0.2, 0.25) is 6.29 Å². The summed E-state index contributed by atoms with van der Waals surface area (Å²) in [5, 5.41) is 62.8. The average Bonchev–Trinajstić information content (AvgIpc) is 3.30. The van der Waals surface area contributed by atoms with E-state index in [1.165, 1.54) is 148 Å². The van der Waals surface area contributed by atoms with Crippen molar-refractivity contribution in [2.75, 3.05) is 13.2 Å². The van der Waals surface area contributed by atoms with Crippen LogP contribution in [0.25, 0.3) is 0 Å². The zero-order chi connectivity index (χ0) is 48.4. The Kier molecular flexibility index (Phi) is 35.3. The summed E-state index contributed by atoms with van der Waals surface area (Å²) < 4.78 is 29.1. The zero-order valence-electron chi connectivity index (χ0n) is 42.2. The second-order valence-electron chi connectivity index (χ2n) is 20.1. The second-order valence-corrected chi connectivity index (χ2v) is 20.1. The van der Waals surface area contributed by atoms with Crippen LogP contribution in [0.5, 0.6) is 0 Å². The largest absolute Gasteiger partial charge is 0.455 e. The molecule has 13 heteroatoms. The molecule has 2 aliphatic heterocycles. The van der Waals surface area contributed by atoms with Crippen LogP contribution in [0.4, 0.5) is 0 Å². The van der Waals surface area contributed by atoms with Gasteiger partial charge in [-0.25, -0.2) is 0 Å². The summed E-state index contributed by atoms with van der Waals surface area (Å²) in [7, 11) is 0. The number of carbonyl (C=O) groups excluding carboxylic acids is 2. The molecule has 0 bridgehead atoms. The van der Waals surface area contributed by atoms with Crippen molar-refractivity contribution in [3.8, 4) is 0 Å². The summed E-state index contributed by atoms with van der Waals surface area (Å²) in [6, 6.07) is 0. The molecule has 0 aromatic heterocycles. The van der Waals surface area contributed by atoms with Gasteiger partial charge in [-0.15, -0.1) is 0 Å². The summed E-state index contributed by atoms with van der Waals surface area (Å²) in [4.78, 5) is 27.1. The molecule has 12 atom stereocenters. The maximum Gasteiger partial charge on any atom is 0.309 e. The molecule has 2 fully saturated rings. The summed E-state index contributed by atoms with van der Waals surface area (Å²) in [5.74, 6) is -1.57. The van der Waals surface area contributed by atoms with Gasteiger partial charge in [-0.2, -0.15) is 0 Å². The van der Waals surface area contributed by atoms with Crippen molar-refractivity contribution < 1.29 is 63.9 Å². The molecule has 4 unspecified atom stereocenters. The molecule has 0 spiro atoms. The number of ether oxygens (including phenoxy) is 5. The first-order valence-corrected chi connectivity index (χ1v) is 27.3. The van der Waals surface area contributed by atoms with Crippen molar-refractivity contribution >= 4 is 11.9 Å². The summed E-state index contributed by atoms with van der Waals surface area (Å²) in [6.07, 6.45) is 23.0. The third-order valence-corrected chi connectivity index (χ3v) is 13.9. The molecule has 2 aliphatic rings. The van der Waals surface area contributed by atoms with Crippen molar-refractivity contribution in [1.29, 1.82) is 0 Å². The van der Waals surface area contributed by atoms with E-state index in [1.54, 1.807) is 6.92 Å². The van der Waals surface area contributed by atoms with E-state index in [9.17, 15) is 40.2 Å². The zero-order valence-corrected chi connectivity index (χ0v) is 42.2. The van der Waals surface area contributed by atoms with Gasteiger partial charge >= 0.3 is 11.9 Å². The Morgan fingerprint density at radius 2 is 0.864 bits per heavy atom. The monoisotopic (exact) mass is 945 g/mol.